The Morgan fingerprint density at radius 1 is 1.10 bits per heavy atom. The zero-order valence-electron chi connectivity index (χ0n) is 12.8. The Bertz CT molecular complexity index is 518. The molecule has 4 nitrogen and oxygen atoms in total. The highest BCUT2D eigenvalue weighted by molar-refractivity contribution is 6.00. The fourth-order valence-corrected chi connectivity index (χ4v) is 2.22. The van der Waals surface area contributed by atoms with Crippen molar-refractivity contribution in [2.45, 2.75) is 40.5 Å². The Morgan fingerprint density at radius 3 is 2.30 bits per heavy atom. The second kappa shape index (κ2) is 7.08. The third kappa shape index (κ3) is 3.59. The van der Waals surface area contributed by atoms with Crippen LogP contribution in [0.1, 0.15) is 46.8 Å². The smallest absolute Gasteiger partial charge is 0.305 e. The Hall–Kier alpha value is -1.84. The van der Waals surface area contributed by atoms with E-state index in [2.05, 4.69) is 4.74 Å². The zero-order chi connectivity index (χ0) is 15.3. The summed E-state index contributed by atoms with van der Waals surface area (Å²) in [5.41, 5.74) is 3.46. The van der Waals surface area contributed by atoms with Gasteiger partial charge in [-0.1, -0.05) is 0 Å². The zero-order valence-corrected chi connectivity index (χ0v) is 12.8. The highest BCUT2D eigenvalue weighted by Gasteiger charge is 2.18. The number of benzene rings is 1. The minimum Gasteiger partial charge on any atom is -0.494 e. The van der Waals surface area contributed by atoms with E-state index in [-0.39, 0.29) is 24.6 Å². The molecule has 0 bridgehead atoms. The first kappa shape index (κ1) is 16.2. The molecule has 0 atom stereocenters. The van der Waals surface area contributed by atoms with Crippen LogP contribution >= 0.6 is 0 Å². The molecule has 0 amide bonds. The molecule has 0 saturated carbocycles. The Balaban J connectivity index is 3.03. The quantitative estimate of drug-likeness (QED) is 0.592. The van der Waals surface area contributed by atoms with Gasteiger partial charge in [-0.3, -0.25) is 9.59 Å². The largest absolute Gasteiger partial charge is 0.494 e. The van der Waals surface area contributed by atoms with E-state index in [1.165, 1.54) is 7.11 Å². The first-order valence-electron chi connectivity index (χ1n) is 6.75. The molecular formula is C16H22O4. The highest BCUT2D eigenvalue weighted by atomic mass is 16.5. The molecule has 0 radical (unpaired) electrons. The summed E-state index contributed by atoms with van der Waals surface area (Å²) >= 11 is 0. The van der Waals surface area contributed by atoms with Gasteiger partial charge in [-0.05, 0) is 50.5 Å². The third-order valence-corrected chi connectivity index (χ3v) is 3.41. The topological polar surface area (TPSA) is 52.6 Å². The van der Waals surface area contributed by atoms with Crippen molar-refractivity contribution in [3.05, 3.63) is 28.3 Å². The van der Waals surface area contributed by atoms with Crippen LogP contribution in [0.5, 0.6) is 5.75 Å². The van der Waals surface area contributed by atoms with Crippen molar-refractivity contribution in [3.63, 3.8) is 0 Å². The van der Waals surface area contributed by atoms with Crippen molar-refractivity contribution < 1.29 is 19.1 Å². The monoisotopic (exact) mass is 278 g/mol. The van der Waals surface area contributed by atoms with Crippen LogP contribution in [0.4, 0.5) is 0 Å². The van der Waals surface area contributed by atoms with Gasteiger partial charge in [-0.25, -0.2) is 0 Å². The summed E-state index contributed by atoms with van der Waals surface area (Å²) in [5, 5.41) is 0. The molecule has 4 heteroatoms. The van der Waals surface area contributed by atoms with Crippen LogP contribution in [0.15, 0.2) is 6.07 Å². The molecule has 110 valence electrons. The van der Waals surface area contributed by atoms with Crippen LogP contribution in [-0.2, 0) is 9.53 Å². The molecule has 1 rings (SSSR count). The van der Waals surface area contributed by atoms with Gasteiger partial charge in [0.1, 0.15) is 5.75 Å². The van der Waals surface area contributed by atoms with Gasteiger partial charge in [-0.2, -0.15) is 0 Å². The predicted octanol–water partition coefficient (Wildman–Crippen LogP) is 3.15. The number of ether oxygens (including phenoxy) is 2. The summed E-state index contributed by atoms with van der Waals surface area (Å²) < 4.78 is 10.1. The van der Waals surface area contributed by atoms with E-state index in [0.29, 0.717) is 12.2 Å². The molecule has 0 aliphatic heterocycles. The number of ketones is 1. The molecule has 1 aromatic rings. The Morgan fingerprint density at radius 2 is 1.75 bits per heavy atom. The van der Waals surface area contributed by atoms with Crippen molar-refractivity contribution in [3.8, 4) is 5.75 Å². The number of hydrogen-bond donors (Lipinski definition) is 0. The summed E-state index contributed by atoms with van der Waals surface area (Å²) in [4.78, 5) is 23.4. The second-order valence-corrected chi connectivity index (χ2v) is 4.75. The average molecular weight is 278 g/mol. The summed E-state index contributed by atoms with van der Waals surface area (Å²) in [7, 11) is 1.32. The van der Waals surface area contributed by atoms with Crippen molar-refractivity contribution >= 4 is 11.8 Å². The number of rotatable bonds is 6. The van der Waals surface area contributed by atoms with E-state index in [4.69, 9.17) is 4.74 Å². The maximum absolute atomic E-state index is 12.3. The highest BCUT2D eigenvalue weighted by Crippen LogP contribution is 2.28. The number of hydrogen-bond acceptors (Lipinski definition) is 4. The van der Waals surface area contributed by atoms with Gasteiger partial charge in [0.05, 0.1) is 20.1 Å². The fourth-order valence-electron chi connectivity index (χ4n) is 2.22. The predicted molar refractivity (Wildman–Crippen MR) is 77.4 cm³/mol. The maximum Gasteiger partial charge on any atom is 0.305 e. The second-order valence-electron chi connectivity index (χ2n) is 4.75. The summed E-state index contributed by atoms with van der Waals surface area (Å²) in [6, 6.07) is 1.89. The van der Waals surface area contributed by atoms with Gasteiger partial charge in [-0.15, -0.1) is 0 Å². The standard InChI is InChI=1S/C16H22O4/c1-6-20-14-9-10(2)16(12(4)11(14)3)13(17)7-8-15(18)19-5/h9H,6-8H2,1-5H3. The minimum atomic E-state index is -0.365. The summed E-state index contributed by atoms with van der Waals surface area (Å²) in [6.07, 6.45) is 0.280. The van der Waals surface area contributed by atoms with Crippen LogP contribution in [0, 0.1) is 20.8 Å². The molecule has 0 unspecified atom stereocenters. The van der Waals surface area contributed by atoms with Gasteiger partial charge in [0.2, 0.25) is 0 Å². The summed E-state index contributed by atoms with van der Waals surface area (Å²) in [5.74, 6) is 0.417. The van der Waals surface area contributed by atoms with Gasteiger partial charge in [0.15, 0.2) is 5.78 Å². The van der Waals surface area contributed by atoms with Crippen LogP contribution in [-0.4, -0.2) is 25.5 Å². The van der Waals surface area contributed by atoms with Crippen molar-refractivity contribution in [1.82, 2.24) is 0 Å². The molecule has 1 aromatic carbocycles. The minimum absolute atomic E-state index is 0.0310. The molecule has 0 aliphatic rings. The molecule has 0 fully saturated rings. The number of carbonyl (C=O) groups excluding carboxylic acids is 2. The molecule has 0 N–H and O–H groups in total. The van der Waals surface area contributed by atoms with Crippen LogP contribution in [0.3, 0.4) is 0 Å². The number of esters is 1. The Kier molecular flexibility index (Phi) is 5.74. The normalized spacial score (nSPS) is 10.2. The van der Waals surface area contributed by atoms with E-state index in [9.17, 15) is 9.59 Å². The van der Waals surface area contributed by atoms with Crippen LogP contribution in [0.2, 0.25) is 0 Å². The number of carbonyl (C=O) groups is 2. The lowest BCUT2D eigenvalue weighted by molar-refractivity contribution is -0.140. The van der Waals surface area contributed by atoms with Gasteiger partial charge in [0.25, 0.3) is 0 Å². The third-order valence-electron chi connectivity index (χ3n) is 3.41. The lowest BCUT2D eigenvalue weighted by atomic mass is 9.92. The van der Waals surface area contributed by atoms with Crippen molar-refractivity contribution in [2.24, 2.45) is 0 Å². The van der Waals surface area contributed by atoms with Crippen LogP contribution in [0.25, 0.3) is 0 Å². The van der Waals surface area contributed by atoms with Gasteiger partial charge in [0, 0.05) is 12.0 Å². The molecule has 0 saturated heterocycles. The number of methoxy groups -OCH3 is 1. The van der Waals surface area contributed by atoms with E-state index in [1.54, 1.807) is 0 Å². The fraction of sp³-hybridized carbons (Fsp3) is 0.500. The first-order valence-corrected chi connectivity index (χ1v) is 6.75. The maximum atomic E-state index is 12.3. The van der Waals surface area contributed by atoms with E-state index >= 15 is 0 Å². The first-order chi connectivity index (χ1) is 9.42. The average Bonchev–Trinajstić information content (AvgIpc) is 2.42. The van der Waals surface area contributed by atoms with Crippen LogP contribution < -0.4 is 4.74 Å². The SMILES string of the molecule is CCOc1cc(C)c(C(=O)CCC(=O)OC)c(C)c1C. The molecule has 0 heterocycles. The Labute approximate surface area is 120 Å². The van der Waals surface area contributed by atoms with Gasteiger partial charge < -0.3 is 9.47 Å². The van der Waals surface area contributed by atoms with E-state index in [1.807, 2.05) is 33.8 Å². The number of Topliss-reactive ketones (excluding diaryl/α,β-unsaturated/α-hetero) is 1. The lowest BCUT2D eigenvalue weighted by Crippen LogP contribution is -2.10. The molecular weight excluding hydrogens is 256 g/mol. The van der Waals surface area contributed by atoms with E-state index in [0.717, 1.165) is 22.4 Å². The van der Waals surface area contributed by atoms with Gasteiger partial charge >= 0.3 is 5.97 Å². The number of aryl methyl sites for hydroxylation is 1. The van der Waals surface area contributed by atoms with Crippen molar-refractivity contribution in [1.29, 1.82) is 0 Å². The molecule has 0 aromatic heterocycles. The molecule has 20 heavy (non-hydrogen) atoms. The molecule has 0 aliphatic carbocycles. The molecule has 0 spiro atoms. The van der Waals surface area contributed by atoms with E-state index < -0.39 is 0 Å². The van der Waals surface area contributed by atoms with Crippen molar-refractivity contribution in [2.75, 3.05) is 13.7 Å². The lowest BCUT2D eigenvalue weighted by Gasteiger charge is -2.16. The summed E-state index contributed by atoms with van der Waals surface area (Å²) in [6.45, 7) is 8.27.